The highest BCUT2D eigenvalue weighted by atomic mass is 16.5. The second-order valence-electron chi connectivity index (χ2n) is 11.6. The van der Waals surface area contributed by atoms with Crippen LogP contribution in [0.4, 0.5) is 5.69 Å². The fourth-order valence-electron chi connectivity index (χ4n) is 7.52. The zero-order valence-corrected chi connectivity index (χ0v) is 23.8. The van der Waals surface area contributed by atoms with E-state index in [-0.39, 0.29) is 35.2 Å². The molecule has 1 aliphatic carbocycles. The number of nitrogens with zero attached hydrogens (tertiary/aromatic N) is 1. The van der Waals surface area contributed by atoms with Crippen molar-refractivity contribution in [3.63, 3.8) is 0 Å². The Balaban J connectivity index is 1.35. The van der Waals surface area contributed by atoms with Crippen LogP contribution in [-0.2, 0) is 26.2 Å². The third kappa shape index (κ3) is 4.95. The van der Waals surface area contributed by atoms with Gasteiger partial charge in [0.15, 0.2) is 0 Å². The van der Waals surface area contributed by atoms with Gasteiger partial charge in [0.1, 0.15) is 0 Å². The maximum atomic E-state index is 13.3. The SMILES string of the molecule is CC[C@@H](COC(=O)c1ccccc1)C[C@@H]1CC(C(=O)OC)=C2Nc3ccccc3[C@@]23CCN(Cc2ccccc2)[C@@H]13. The van der Waals surface area contributed by atoms with Crippen molar-refractivity contribution in [2.75, 3.05) is 25.6 Å². The number of benzene rings is 3. The van der Waals surface area contributed by atoms with Crippen molar-refractivity contribution < 1.29 is 19.1 Å². The number of esters is 2. The minimum Gasteiger partial charge on any atom is -0.466 e. The third-order valence-corrected chi connectivity index (χ3v) is 9.35. The summed E-state index contributed by atoms with van der Waals surface area (Å²) in [7, 11) is 1.47. The highest BCUT2D eigenvalue weighted by Gasteiger charge is 2.61. The van der Waals surface area contributed by atoms with Gasteiger partial charge in [-0.25, -0.2) is 9.59 Å². The van der Waals surface area contributed by atoms with Crippen LogP contribution < -0.4 is 5.32 Å². The Labute approximate surface area is 242 Å². The Bertz CT molecular complexity index is 1440. The second-order valence-corrected chi connectivity index (χ2v) is 11.6. The summed E-state index contributed by atoms with van der Waals surface area (Å²) in [5.41, 5.74) is 5.67. The van der Waals surface area contributed by atoms with Crippen LogP contribution in [0.2, 0.25) is 0 Å². The molecule has 1 N–H and O–H groups in total. The van der Waals surface area contributed by atoms with Crippen LogP contribution in [-0.4, -0.2) is 43.1 Å². The number of hydrogen-bond acceptors (Lipinski definition) is 6. The van der Waals surface area contributed by atoms with E-state index in [1.165, 1.54) is 18.2 Å². The largest absolute Gasteiger partial charge is 0.466 e. The monoisotopic (exact) mass is 550 g/mol. The molecule has 0 saturated carbocycles. The molecule has 0 radical (unpaired) electrons. The van der Waals surface area contributed by atoms with Crippen molar-refractivity contribution in [3.05, 3.63) is 113 Å². The lowest BCUT2D eigenvalue weighted by Crippen LogP contribution is -2.52. The van der Waals surface area contributed by atoms with Gasteiger partial charge in [0.05, 0.1) is 30.3 Å². The van der Waals surface area contributed by atoms with Crippen molar-refractivity contribution in [2.45, 2.75) is 50.6 Å². The van der Waals surface area contributed by atoms with Crippen LogP contribution in [0.15, 0.2) is 96.2 Å². The molecule has 6 heteroatoms. The number of rotatable bonds is 9. The van der Waals surface area contributed by atoms with Gasteiger partial charge in [-0.3, -0.25) is 4.90 Å². The van der Waals surface area contributed by atoms with Gasteiger partial charge in [0.25, 0.3) is 0 Å². The number of para-hydroxylation sites is 1. The number of carbonyl (C=O) groups is 2. The zero-order valence-electron chi connectivity index (χ0n) is 23.8. The van der Waals surface area contributed by atoms with E-state index in [0.717, 1.165) is 49.3 Å². The highest BCUT2D eigenvalue weighted by Crippen LogP contribution is 2.60. The van der Waals surface area contributed by atoms with E-state index < -0.39 is 0 Å². The number of anilines is 1. The molecule has 0 aromatic heterocycles. The molecule has 3 aromatic carbocycles. The van der Waals surface area contributed by atoms with Crippen LogP contribution in [0.25, 0.3) is 0 Å². The molecule has 1 spiro atoms. The molecular formula is C35H38N2O4. The van der Waals surface area contributed by atoms with Gasteiger partial charge in [-0.2, -0.15) is 0 Å². The fourth-order valence-corrected chi connectivity index (χ4v) is 7.52. The summed E-state index contributed by atoms with van der Waals surface area (Å²) in [4.78, 5) is 28.7. The Morgan fingerprint density at radius 1 is 0.976 bits per heavy atom. The molecular weight excluding hydrogens is 512 g/mol. The van der Waals surface area contributed by atoms with Crippen LogP contribution in [0.1, 0.15) is 54.1 Å². The highest BCUT2D eigenvalue weighted by molar-refractivity contribution is 5.93. The summed E-state index contributed by atoms with van der Waals surface area (Å²) >= 11 is 0. The van der Waals surface area contributed by atoms with Crippen LogP contribution in [0, 0.1) is 11.8 Å². The molecule has 0 bridgehead atoms. The quantitative estimate of drug-likeness (QED) is 0.314. The Morgan fingerprint density at radius 3 is 2.41 bits per heavy atom. The van der Waals surface area contributed by atoms with Gasteiger partial charge in [0, 0.05) is 30.5 Å². The average Bonchev–Trinajstić information content (AvgIpc) is 3.57. The average molecular weight is 551 g/mol. The Kier molecular flexibility index (Phi) is 7.67. The second kappa shape index (κ2) is 11.5. The number of fused-ring (bicyclic) bond motifs is 1. The zero-order chi connectivity index (χ0) is 28.4. The first kappa shape index (κ1) is 27.3. The summed E-state index contributed by atoms with van der Waals surface area (Å²) in [5, 5.41) is 3.68. The topological polar surface area (TPSA) is 67.9 Å². The lowest BCUT2D eigenvalue weighted by Gasteiger charge is -2.46. The van der Waals surface area contributed by atoms with E-state index in [1.807, 2.05) is 18.2 Å². The normalized spacial score (nSPS) is 23.7. The first-order chi connectivity index (χ1) is 20.0. The molecule has 2 heterocycles. The molecule has 4 atom stereocenters. The fraction of sp³-hybridized carbons (Fsp3) is 0.371. The van der Waals surface area contributed by atoms with E-state index in [1.54, 1.807) is 12.1 Å². The van der Waals surface area contributed by atoms with Gasteiger partial charge in [-0.1, -0.05) is 80.1 Å². The van der Waals surface area contributed by atoms with Crippen molar-refractivity contribution in [2.24, 2.45) is 11.8 Å². The number of likely N-dealkylation sites (tertiary alicyclic amines) is 1. The summed E-state index contributed by atoms with van der Waals surface area (Å²) in [6.45, 7) is 4.30. The van der Waals surface area contributed by atoms with Crippen molar-refractivity contribution >= 4 is 17.6 Å². The molecule has 212 valence electrons. The first-order valence-corrected chi connectivity index (χ1v) is 14.7. The first-order valence-electron chi connectivity index (χ1n) is 14.7. The van der Waals surface area contributed by atoms with Gasteiger partial charge >= 0.3 is 11.9 Å². The lowest BCUT2D eigenvalue weighted by molar-refractivity contribution is -0.136. The van der Waals surface area contributed by atoms with Crippen molar-refractivity contribution in [1.82, 2.24) is 4.90 Å². The standard InChI is InChI=1S/C35H38N2O4/c1-3-24(23-41-33(38)26-14-8-5-9-15-26)20-27-21-28(34(39)40-2)31-35(29-16-10-11-17-30(29)36-31)18-19-37(32(27)35)22-25-12-6-4-7-13-25/h4-17,24,27,32,36H,3,18-23H2,1-2H3/t24-,27-,32+,35+/m1/s1. The molecule has 2 aliphatic heterocycles. The number of nitrogens with one attached hydrogen (secondary N) is 1. The predicted octanol–water partition coefficient (Wildman–Crippen LogP) is 6.34. The van der Waals surface area contributed by atoms with Crippen LogP contribution in [0.3, 0.4) is 0 Å². The van der Waals surface area contributed by atoms with Gasteiger partial charge in [-0.15, -0.1) is 0 Å². The molecule has 0 amide bonds. The number of hydrogen-bond donors (Lipinski definition) is 1. The van der Waals surface area contributed by atoms with E-state index in [9.17, 15) is 9.59 Å². The van der Waals surface area contributed by atoms with Crippen LogP contribution in [0.5, 0.6) is 0 Å². The number of ether oxygens (including phenoxy) is 2. The Hall–Kier alpha value is -3.90. The molecule has 41 heavy (non-hydrogen) atoms. The minimum absolute atomic E-state index is 0.175. The third-order valence-electron chi connectivity index (χ3n) is 9.35. The maximum Gasteiger partial charge on any atom is 0.338 e. The summed E-state index contributed by atoms with van der Waals surface area (Å²) in [6.07, 6.45) is 3.30. The van der Waals surface area contributed by atoms with E-state index in [0.29, 0.717) is 18.6 Å². The molecule has 0 unspecified atom stereocenters. The van der Waals surface area contributed by atoms with Gasteiger partial charge in [0.2, 0.25) is 0 Å². The van der Waals surface area contributed by atoms with Gasteiger partial charge in [-0.05, 0) is 60.4 Å². The van der Waals surface area contributed by atoms with Gasteiger partial charge < -0.3 is 14.8 Å². The molecule has 6 rings (SSSR count). The molecule has 3 aromatic rings. The van der Waals surface area contributed by atoms with E-state index in [2.05, 4.69) is 71.7 Å². The molecule has 1 fully saturated rings. The molecule has 1 saturated heterocycles. The molecule has 3 aliphatic rings. The number of methoxy groups -OCH3 is 1. The van der Waals surface area contributed by atoms with E-state index >= 15 is 0 Å². The van der Waals surface area contributed by atoms with Crippen molar-refractivity contribution in [3.8, 4) is 0 Å². The number of carbonyl (C=O) groups excluding carboxylic acids is 2. The minimum atomic E-state index is -0.309. The Morgan fingerprint density at radius 2 is 1.68 bits per heavy atom. The van der Waals surface area contributed by atoms with Crippen molar-refractivity contribution in [1.29, 1.82) is 0 Å². The summed E-state index contributed by atoms with van der Waals surface area (Å²) in [5.74, 6) is -0.184. The summed E-state index contributed by atoms with van der Waals surface area (Å²) in [6, 6.07) is 28.5. The van der Waals surface area contributed by atoms with E-state index in [4.69, 9.17) is 9.47 Å². The summed E-state index contributed by atoms with van der Waals surface area (Å²) < 4.78 is 11.2. The molecule has 6 nitrogen and oxygen atoms in total. The van der Waals surface area contributed by atoms with Crippen LogP contribution >= 0.6 is 0 Å². The smallest absolute Gasteiger partial charge is 0.338 e. The lowest BCUT2D eigenvalue weighted by atomic mass is 9.62. The maximum absolute atomic E-state index is 13.3. The predicted molar refractivity (Wildman–Crippen MR) is 159 cm³/mol.